The Labute approximate surface area is 116 Å². The Balaban J connectivity index is 2.04. The average molecular weight is 262 g/mol. The normalized spacial score (nSPS) is 48.4. The highest BCUT2D eigenvalue weighted by molar-refractivity contribution is 5.81. The molecule has 106 valence electrons. The first kappa shape index (κ1) is 13.2. The van der Waals surface area contributed by atoms with E-state index in [1.165, 1.54) is 6.42 Å². The Bertz CT molecular complexity index is 450. The largest absolute Gasteiger partial charge is 0.492 e. The van der Waals surface area contributed by atoms with Crippen LogP contribution in [0.25, 0.3) is 0 Å². The van der Waals surface area contributed by atoms with Crippen LogP contribution in [-0.4, -0.2) is 11.4 Å². The molecule has 2 saturated carbocycles. The van der Waals surface area contributed by atoms with E-state index in [9.17, 15) is 4.79 Å². The van der Waals surface area contributed by atoms with Crippen LogP contribution in [0, 0.1) is 22.7 Å². The van der Waals surface area contributed by atoms with Crippen molar-refractivity contribution in [3.8, 4) is 0 Å². The number of ether oxygens (including phenoxy) is 1. The summed E-state index contributed by atoms with van der Waals surface area (Å²) < 4.78 is 6.06. The number of allylic oxidation sites excluding steroid dienone is 1. The maximum Gasteiger partial charge on any atom is 0.134 e. The number of hydrogen-bond donors (Lipinski definition) is 0. The highest BCUT2D eigenvalue weighted by Crippen LogP contribution is 2.65. The van der Waals surface area contributed by atoms with Crippen LogP contribution in [0.3, 0.4) is 0 Å². The van der Waals surface area contributed by atoms with Crippen molar-refractivity contribution in [2.75, 3.05) is 0 Å². The van der Waals surface area contributed by atoms with Gasteiger partial charge >= 0.3 is 0 Å². The minimum absolute atomic E-state index is 0.0873. The summed E-state index contributed by atoms with van der Waals surface area (Å²) in [6.45, 7) is 13.2. The number of carbonyl (C=O) groups excluding carboxylic acids is 1. The number of carbonyl (C=O) groups is 1. The summed E-state index contributed by atoms with van der Waals surface area (Å²) >= 11 is 0. The smallest absolute Gasteiger partial charge is 0.134 e. The van der Waals surface area contributed by atoms with Crippen LogP contribution < -0.4 is 0 Å². The summed E-state index contributed by atoms with van der Waals surface area (Å²) in [7, 11) is 0. The molecule has 0 aromatic rings. The minimum Gasteiger partial charge on any atom is -0.492 e. The van der Waals surface area contributed by atoms with Gasteiger partial charge in [0.1, 0.15) is 11.4 Å². The number of ketones is 1. The van der Waals surface area contributed by atoms with Crippen molar-refractivity contribution in [3.05, 3.63) is 12.3 Å². The molecule has 3 aliphatic rings. The van der Waals surface area contributed by atoms with Crippen LogP contribution in [0.1, 0.15) is 59.8 Å². The van der Waals surface area contributed by atoms with Crippen molar-refractivity contribution in [2.24, 2.45) is 22.7 Å². The van der Waals surface area contributed by atoms with Gasteiger partial charge in [-0.3, -0.25) is 4.79 Å². The van der Waals surface area contributed by atoms with Gasteiger partial charge in [-0.1, -0.05) is 27.4 Å². The van der Waals surface area contributed by atoms with Gasteiger partial charge in [0.15, 0.2) is 0 Å². The lowest BCUT2D eigenvalue weighted by molar-refractivity contribution is -0.159. The summed E-state index contributed by atoms with van der Waals surface area (Å²) in [6, 6.07) is 0. The lowest BCUT2D eigenvalue weighted by atomic mass is 9.45. The van der Waals surface area contributed by atoms with Crippen molar-refractivity contribution in [1.82, 2.24) is 0 Å². The molecule has 4 atom stereocenters. The van der Waals surface area contributed by atoms with Crippen LogP contribution in [-0.2, 0) is 9.53 Å². The van der Waals surface area contributed by atoms with Gasteiger partial charge in [-0.15, -0.1) is 0 Å². The fourth-order valence-electron chi connectivity index (χ4n) is 5.69. The zero-order valence-corrected chi connectivity index (χ0v) is 12.7. The Morgan fingerprint density at radius 2 is 1.84 bits per heavy atom. The van der Waals surface area contributed by atoms with Gasteiger partial charge in [-0.2, -0.15) is 0 Å². The monoisotopic (exact) mass is 262 g/mol. The van der Waals surface area contributed by atoms with Crippen LogP contribution in [0.5, 0.6) is 0 Å². The van der Waals surface area contributed by atoms with Crippen molar-refractivity contribution >= 4 is 5.78 Å². The molecule has 2 heteroatoms. The Morgan fingerprint density at radius 3 is 2.53 bits per heavy atom. The number of hydrogen-bond acceptors (Lipinski definition) is 2. The average Bonchev–Trinajstić information content (AvgIpc) is 2.51. The summed E-state index contributed by atoms with van der Waals surface area (Å²) in [6.07, 6.45) is 4.70. The molecule has 0 aromatic carbocycles. The standard InChI is InChI=1S/C17H26O2/c1-11-8-14-16(4)10-12(18)9-15(2,3)13(16)6-7-17(14,5)19-11/h13-14H,1,6-10H2,2-5H3. The zero-order chi connectivity index (χ0) is 14.1. The van der Waals surface area contributed by atoms with E-state index in [0.717, 1.165) is 31.4 Å². The van der Waals surface area contributed by atoms with E-state index in [1.807, 2.05) is 0 Å². The minimum atomic E-state index is -0.0873. The highest BCUT2D eigenvalue weighted by atomic mass is 16.5. The molecular formula is C17H26O2. The van der Waals surface area contributed by atoms with Gasteiger partial charge in [0.05, 0.1) is 5.76 Å². The third-order valence-electron chi connectivity index (χ3n) is 6.24. The predicted octanol–water partition coefficient (Wildman–Crippen LogP) is 4.10. The highest BCUT2D eigenvalue weighted by Gasteiger charge is 2.62. The van der Waals surface area contributed by atoms with Gasteiger partial charge < -0.3 is 4.74 Å². The Kier molecular flexibility index (Phi) is 2.54. The lowest BCUT2D eigenvalue weighted by Gasteiger charge is -2.59. The van der Waals surface area contributed by atoms with E-state index in [-0.39, 0.29) is 16.4 Å². The quantitative estimate of drug-likeness (QED) is 0.657. The summed E-state index contributed by atoms with van der Waals surface area (Å²) in [5.74, 6) is 2.44. The SMILES string of the molecule is C=C1CC2C(C)(CCC3C(C)(C)CC(=O)CC32C)O1. The molecule has 1 heterocycles. The lowest BCUT2D eigenvalue weighted by Crippen LogP contribution is -2.57. The van der Waals surface area contributed by atoms with Crippen LogP contribution in [0.2, 0.25) is 0 Å². The molecule has 0 amide bonds. The molecule has 2 aliphatic carbocycles. The number of fused-ring (bicyclic) bond motifs is 3. The maximum atomic E-state index is 12.2. The molecule has 0 bridgehead atoms. The first-order chi connectivity index (χ1) is 8.67. The zero-order valence-electron chi connectivity index (χ0n) is 12.7. The van der Waals surface area contributed by atoms with Crippen molar-refractivity contribution < 1.29 is 9.53 Å². The summed E-state index contributed by atoms with van der Waals surface area (Å²) in [5.41, 5.74) is 0.136. The fraction of sp³-hybridized carbons (Fsp3) is 0.824. The molecule has 1 aliphatic heterocycles. The van der Waals surface area contributed by atoms with Gasteiger partial charge in [-0.05, 0) is 36.5 Å². The topological polar surface area (TPSA) is 26.3 Å². The van der Waals surface area contributed by atoms with Crippen molar-refractivity contribution in [3.63, 3.8) is 0 Å². The molecule has 3 rings (SSSR count). The number of rotatable bonds is 0. The number of Topliss-reactive ketones (excluding diaryl/α,β-unsaturated/α-hetero) is 1. The maximum absolute atomic E-state index is 12.2. The Hall–Kier alpha value is -0.790. The van der Waals surface area contributed by atoms with Gasteiger partial charge in [0.25, 0.3) is 0 Å². The molecule has 0 radical (unpaired) electrons. The third-order valence-corrected chi connectivity index (χ3v) is 6.24. The van der Waals surface area contributed by atoms with E-state index in [0.29, 0.717) is 17.6 Å². The van der Waals surface area contributed by atoms with Gasteiger partial charge in [0.2, 0.25) is 0 Å². The fourth-order valence-corrected chi connectivity index (χ4v) is 5.69. The molecular weight excluding hydrogens is 236 g/mol. The second-order valence-electron chi connectivity index (χ2n) is 8.19. The van der Waals surface area contributed by atoms with Crippen LogP contribution in [0.15, 0.2) is 12.3 Å². The summed E-state index contributed by atoms with van der Waals surface area (Å²) in [4.78, 5) is 12.2. The molecule has 4 unspecified atom stereocenters. The molecule has 0 spiro atoms. The van der Waals surface area contributed by atoms with Crippen LogP contribution in [0.4, 0.5) is 0 Å². The molecule has 0 N–H and O–H groups in total. The van der Waals surface area contributed by atoms with Crippen LogP contribution >= 0.6 is 0 Å². The predicted molar refractivity (Wildman–Crippen MR) is 75.6 cm³/mol. The van der Waals surface area contributed by atoms with E-state index in [1.54, 1.807) is 0 Å². The second kappa shape index (κ2) is 3.65. The molecule has 0 aromatic heterocycles. The van der Waals surface area contributed by atoms with E-state index in [2.05, 4.69) is 34.3 Å². The Morgan fingerprint density at radius 1 is 1.16 bits per heavy atom. The summed E-state index contributed by atoms with van der Waals surface area (Å²) in [5, 5.41) is 0. The first-order valence-electron chi connectivity index (χ1n) is 7.56. The first-order valence-corrected chi connectivity index (χ1v) is 7.56. The second-order valence-corrected chi connectivity index (χ2v) is 8.19. The van der Waals surface area contributed by atoms with E-state index < -0.39 is 0 Å². The molecule has 2 nitrogen and oxygen atoms in total. The van der Waals surface area contributed by atoms with E-state index in [4.69, 9.17) is 4.74 Å². The van der Waals surface area contributed by atoms with Crippen molar-refractivity contribution in [1.29, 1.82) is 0 Å². The molecule has 1 saturated heterocycles. The van der Waals surface area contributed by atoms with Gasteiger partial charge in [0, 0.05) is 25.2 Å². The molecule has 3 fully saturated rings. The third kappa shape index (κ3) is 1.71. The van der Waals surface area contributed by atoms with Crippen molar-refractivity contribution in [2.45, 2.75) is 65.4 Å². The molecule has 19 heavy (non-hydrogen) atoms. The van der Waals surface area contributed by atoms with Gasteiger partial charge in [-0.25, -0.2) is 0 Å². The van der Waals surface area contributed by atoms with E-state index >= 15 is 0 Å².